The average molecular weight is 268 g/mol. The van der Waals surface area contributed by atoms with Crippen LogP contribution in [0.5, 0.6) is 5.75 Å². The molecule has 1 aliphatic rings. The van der Waals surface area contributed by atoms with Crippen molar-refractivity contribution in [2.24, 2.45) is 0 Å². The first-order chi connectivity index (χ1) is 9.63. The number of benzene rings is 2. The van der Waals surface area contributed by atoms with Gasteiger partial charge in [-0.25, -0.2) is 4.79 Å². The summed E-state index contributed by atoms with van der Waals surface area (Å²) in [7, 11) is 0. The van der Waals surface area contributed by atoms with Gasteiger partial charge in [-0.1, -0.05) is 12.1 Å². The van der Waals surface area contributed by atoms with Crippen LogP contribution in [0.1, 0.15) is 27.9 Å². The number of ether oxygens (including phenoxy) is 1. The number of rotatable bonds is 2. The second-order valence-electron chi connectivity index (χ2n) is 5.17. The Bertz CT molecular complexity index is 674. The summed E-state index contributed by atoms with van der Waals surface area (Å²) in [5.74, 6) is 0.0577. The summed E-state index contributed by atoms with van der Waals surface area (Å²) in [6.45, 7) is 2.69. The van der Waals surface area contributed by atoms with Crippen molar-refractivity contribution in [1.82, 2.24) is 0 Å². The number of aryl methyl sites for hydroxylation is 2. The lowest BCUT2D eigenvalue weighted by Crippen LogP contribution is -2.08. The van der Waals surface area contributed by atoms with Crippen LogP contribution in [0, 0.1) is 6.92 Å². The normalized spacial score (nSPS) is 13.4. The standard InChI is InChI=1S/C17H16O3/c1-11-7-14(10-15(8-11)17(18)19)12-4-5-16-13(9-12)3-2-6-20-16/h4-5,7-10H,2-3,6H2,1H3,(H,18,19). The molecule has 1 aliphatic heterocycles. The molecule has 3 heteroatoms. The Morgan fingerprint density at radius 1 is 1.15 bits per heavy atom. The van der Waals surface area contributed by atoms with Crippen LogP contribution in [0.3, 0.4) is 0 Å². The number of hydrogen-bond acceptors (Lipinski definition) is 2. The monoisotopic (exact) mass is 268 g/mol. The Morgan fingerprint density at radius 3 is 2.80 bits per heavy atom. The fourth-order valence-electron chi connectivity index (χ4n) is 2.61. The predicted octanol–water partition coefficient (Wildman–Crippen LogP) is 3.69. The van der Waals surface area contributed by atoms with E-state index in [1.807, 2.05) is 25.1 Å². The quantitative estimate of drug-likeness (QED) is 0.903. The number of carbonyl (C=O) groups is 1. The fourth-order valence-corrected chi connectivity index (χ4v) is 2.61. The zero-order chi connectivity index (χ0) is 14.1. The summed E-state index contributed by atoms with van der Waals surface area (Å²) < 4.78 is 5.61. The van der Waals surface area contributed by atoms with E-state index in [0.717, 1.165) is 41.9 Å². The molecule has 0 saturated heterocycles. The fraction of sp³-hybridized carbons (Fsp3) is 0.235. The highest BCUT2D eigenvalue weighted by molar-refractivity contribution is 5.89. The highest BCUT2D eigenvalue weighted by atomic mass is 16.5. The first kappa shape index (κ1) is 12.7. The third kappa shape index (κ3) is 2.39. The second kappa shape index (κ2) is 5.00. The second-order valence-corrected chi connectivity index (χ2v) is 5.17. The van der Waals surface area contributed by atoms with Gasteiger partial charge in [0.05, 0.1) is 12.2 Å². The van der Waals surface area contributed by atoms with E-state index in [4.69, 9.17) is 9.84 Å². The molecule has 0 fully saturated rings. The van der Waals surface area contributed by atoms with E-state index in [0.29, 0.717) is 5.56 Å². The first-order valence-corrected chi connectivity index (χ1v) is 6.74. The van der Waals surface area contributed by atoms with Crippen molar-refractivity contribution in [2.45, 2.75) is 19.8 Å². The van der Waals surface area contributed by atoms with Crippen molar-refractivity contribution in [3.8, 4) is 16.9 Å². The van der Waals surface area contributed by atoms with E-state index in [1.165, 1.54) is 5.56 Å². The zero-order valence-electron chi connectivity index (χ0n) is 11.3. The Labute approximate surface area is 117 Å². The third-order valence-electron chi connectivity index (χ3n) is 3.57. The third-order valence-corrected chi connectivity index (χ3v) is 3.57. The maximum atomic E-state index is 11.1. The lowest BCUT2D eigenvalue weighted by molar-refractivity contribution is 0.0697. The summed E-state index contributed by atoms with van der Waals surface area (Å²) in [4.78, 5) is 11.1. The maximum Gasteiger partial charge on any atom is 0.335 e. The number of carboxylic acids is 1. The molecule has 0 saturated carbocycles. The van der Waals surface area contributed by atoms with Crippen LogP contribution >= 0.6 is 0 Å². The van der Waals surface area contributed by atoms with E-state index >= 15 is 0 Å². The van der Waals surface area contributed by atoms with Gasteiger partial charge in [-0.3, -0.25) is 0 Å². The molecule has 2 aromatic carbocycles. The van der Waals surface area contributed by atoms with Crippen LogP contribution in [0.15, 0.2) is 36.4 Å². The van der Waals surface area contributed by atoms with Gasteiger partial charge in [0.1, 0.15) is 5.75 Å². The van der Waals surface area contributed by atoms with Gasteiger partial charge < -0.3 is 9.84 Å². The van der Waals surface area contributed by atoms with Crippen LogP contribution in [0.25, 0.3) is 11.1 Å². The van der Waals surface area contributed by atoms with Gasteiger partial charge in [-0.05, 0) is 66.3 Å². The summed E-state index contributed by atoms with van der Waals surface area (Å²) in [5.41, 5.74) is 4.46. The highest BCUT2D eigenvalue weighted by Gasteiger charge is 2.12. The minimum absolute atomic E-state index is 0.328. The maximum absolute atomic E-state index is 11.1. The molecule has 1 heterocycles. The molecule has 0 aliphatic carbocycles. The van der Waals surface area contributed by atoms with Crippen molar-refractivity contribution in [1.29, 1.82) is 0 Å². The first-order valence-electron chi connectivity index (χ1n) is 6.74. The molecule has 0 radical (unpaired) electrons. The molecular weight excluding hydrogens is 252 g/mol. The zero-order valence-corrected chi connectivity index (χ0v) is 11.3. The molecule has 102 valence electrons. The molecule has 0 amide bonds. The Hall–Kier alpha value is -2.29. The summed E-state index contributed by atoms with van der Waals surface area (Å²) in [6, 6.07) is 11.5. The molecule has 0 unspecified atom stereocenters. The molecule has 0 aromatic heterocycles. The van der Waals surface area contributed by atoms with Gasteiger partial charge in [0.15, 0.2) is 0 Å². The topological polar surface area (TPSA) is 46.5 Å². The van der Waals surface area contributed by atoms with Gasteiger partial charge in [-0.15, -0.1) is 0 Å². The molecule has 0 atom stereocenters. The van der Waals surface area contributed by atoms with Crippen LogP contribution < -0.4 is 4.74 Å². The molecule has 0 spiro atoms. The van der Waals surface area contributed by atoms with E-state index in [2.05, 4.69) is 6.07 Å². The van der Waals surface area contributed by atoms with Crippen LogP contribution in [-0.4, -0.2) is 17.7 Å². The highest BCUT2D eigenvalue weighted by Crippen LogP contribution is 2.31. The summed E-state index contributed by atoms with van der Waals surface area (Å²) >= 11 is 0. The van der Waals surface area contributed by atoms with Gasteiger partial charge in [0.25, 0.3) is 0 Å². The van der Waals surface area contributed by atoms with Gasteiger partial charge in [-0.2, -0.15) is 0 Å². The van der Waals surface area contributed by atoms with Crippen LogP contribution in [0.4, 0.5) is 0 Å². The average Bonchev–Trinajstić information content (AvgIpc) is 2.46. The number of hydrogen-bond donors (Lipinski definition) is 1. The molecular formula is C17H16O3. The van der Waals surface area contributed by atoms with E-state index < -0.39 is 5.97 Å². The number of carboxylic acid groups (broad SMARTS) is 1. The Kier molecular flexibility index (Phi) is 3.18. The summed E-state index contributed by atoms with van der Waals surface area (Å²) in [6.07, 6.45) is 2.05. The molecule has 3 nitrogen and oxygen atoms in total. The largest absolute Gasteiger partial charge is 0.493 e. The number of aromatic carboxylic acids is 1. The van der Waals surface area contributed by atoms with E-state index in [1.54, 1.807) is 12.1 Å². The van der Waals surface area contributed by atoms with Gasteiger partial charge in [0, 0.05) is 0 Å². The summed E-state index contributed by atoms with van der Waals surface area (Å²) in [5, 5.41) is 9.15. The van der Waals surface area contributed by atoms with Crippen molar-refractivity contribution >= 4 is 5.97 Å². The van der Waals surface area contributed by atoms with Gasteiger partial charge >= 0.3 is 5.97 Å². The van der Waals surface area contributed by atoms with E-state index in [9.17, 15) is 4.79 Å². The lowest BCUT2D eigenvalue weighted by Gasteiger charge is -2.18. The predicted molar refractivity (Wildman–Crippen MR) is 77.4 cm³/mol. The lowest BCUT2D eigenvalue weighted by atomic mass is 9.96. The minimum atomic E-state index is -0.892. The van der Waals surface area contributed by atoms with Crippen molar-refractivity contribution in [2.75, 3.05) is 6.61 Å². The van der Waals surface area contributed by atoms with Crippen molar-refractivity contribution in [3.63, 3.8) is 0 Å². The van der Waals surface area contributed by atoms with Crippen molar-refractivity contribution in [3.05, 3.63) is 53.1 Å². The minimum Gasteiger partial charge on any atom is -0.493 e. The molecule has 20 heavy (non-hydrogen) atoms. The van der Waals surface area contributed by atoms with Crippen LogP contribution in [-0.2, 0) is 6.42 Å². The molecule has 0 bridgehead atoms. The van der Waals surface area contributed by atoms with Crippen molar-refractivity contribution < 1.29 is 14.6 Å². The Morgan fingerprint density at radius 2 is 2.00 bits per heavy atom. The van der Waals surface area contributed by atoms with Crippen LogP contribution in [0.2, 0.25) is 0 Å². The molecule has 1 N–H and O–H groups in total. The SMILES string of the molecule is Cc1cc(C(=O)O)cc(-c2ccc3c(c2)CCCO3)c1. The van der Waals surface area contributed by atoms with E-state index in [-0.39, 0.29) is 0 Å². The molecule has 3 rings (SSSR count). The molecule has 2 aromatic rings. The Balaban J connectivity index is 2.06. The van der Waals surface area contributed by atoms with Gasteiger partial charge in [0.2, 0.25) is 0 Å². The smallest absolute Gasteiger partial charge is 0.335 e. The number of fused-ring (bicyclic) bond motifs is 1.